The average Bonchev–Trinajstić information content (AvgIpc) is 2.96. The lowest BCUT2D eigenvalue weighted by Gasteiger charge is -2.00. The Morgan fingerprint density at radius 1 is 1.47 bits per heavy atom. The maximum absolute atomic E-state index is 11.7. The first-order valence-electron chi connectivity index (χ1n) is 5.49. The van der Waals surface area contributed by atoms with Gasteiger partial charge in [0, 0.05) is 11.0 Å². The number of rotatable bonds is 4. The van der Waals surface area contributed by atoms with Gasteiger partial charge in [-0.3, -0.25) is 9.59 Å². The van der Waals surface area contributed by atoms with Crippen LogP contribution in [0.15, 0.2) is 35.0 Å². The quantitative estimate of drug-likeness (QED) is 0.841. The minimum atomic E-state index is -0.560. The van der Waals surface area contributed by atoms with Crippen molar-refractivity contribution in [1.82, 2.24) is 0 Å². The molecule has 3 N–H and O–H groups in total. The van der Waals surface area contributed by atoms with Crippen LogP contribution in [0, 0.1) is 6.92 Å². The number of primary amides is 1. The van der Waals surface area contributed by atoms with Gasteiger partial charge in [0.25, 0.3) is 5.91 Å². The molecule has 0 radical (unpaired) electrons. The van der Waals surface area contributed by atoms with E-state index in [1.54, 1.807) is 24.3 Å². The first-order valence-corrected chi connectivity index (χ1v) is 6.30. The smallest absolute Gasteiger partial charge is 0.251 e. The van der Waals surface area contributed by atoms with Gasteiger partial charge in [0.2, 0.25) is 5.91 Å². The number of anilines is 1. The molecule has 0 aliphatic carbocycles. The molecule has 0 spiro atoms. The van der Waals surface area contributed by atoms with Crippen LogP contribution in [0.2, 0.25) is 0 Å². The molecule has 0 bridgehead atoms. The van der Waals surface area contributed by atoms with E-state index >= 15 is 0 Å². The Bertz CT molecular complexity index is 626. The number of nitrogens with one attached hydrogen (secondary N) is 1. The zero-order valence-electron chi connectivity index (χ0n) is 10.2. The molecule has 5 nitrogen and oxygen atoms in total. The number of hydrogen-bond donors (Lipinski definition) is 2. The number of amides is 2. The van der Waals surface area contributed by atoms with Gasteiger partial charge >= 0.3 is 0 Å². The summed E-state index contributed by atoms with van der Waals surface area (Å²) >= 11 is 1.30. The normalized spacial score (nSPS) is 10.8. The molecule has 0 atom stereocenters. The molecule has 98 valence electrons. The molecule has 2 rings (SSSR count). The summed E-state index contributed by atoms with van der Waals surface area (Å²) in [7, 11) is 0. The first kappa shape index (κ1) is 13.1. The van der Waals surface area contributed by atoms with E-state index in [2.05, 4.69) is 5.32 Å². The third-order valence-corrected chi connectivity index (χ3v) is 3.27. The fourth-order valence-corrected chi connectivity index (χ4v) is 2.41. The monoisotopic (exact) mass is 276 g/mol. The zero-order valence-corrected chi connectivity index (χ0v) is 11.0. The maximum Gasteiger partial charge on any atom is 0.251 e. The summed E-state index contributed by atoms with van der Waals surface area (Å²) in [5.74, 6) is -0.331. The van der Waals surface area contributed by atoms with Crippen LogP contribution in [0.1, 0.15) is 21.0 Å². The fraction of sp³-hybridized carbons (Fsp3) is 0.0769. The SMILES string of the molecule is Cc1cc(C(N)=O)c(NC(=O)/C=C/c2ccco2)s1. The highest BCUT2D eigenvalue weighted by Crippen LogP contribution is 2.27. The molecule has 2 amide bonds. The van der Waals surface area contributed by atoms with Crippen LogP contribution in [-0.2, 0) is 4.79 Å². The molecule has 6 heteroatoms. The Morgan fingerprint density at radius 2 is 2.26 bits per heavy atom. The van der Waals surface area contributed by atoms with Crippen LogP contribution in [0.25, 0.3) is 6.08 Å². The van der Waals surface area contributed by atoms with E-state index < -0.39 is 5.91 Å². The predicted molar refractivity (Wildman–Crippen MR) is 73.9 cm³/mol. The summed E-state index contributed by atoms with van der Waals surface area (Å²) in [6, 6.07) is 5.11. The standard InChI is InChI=1S/C13H12N2O3S/c1-8-7-10(12(14)17)13(19-8)15-11(16)5-4-9-3-2-6-18-9/h2-7H,1H3,(H2,14,17)(H,15,16)/b5-4+. The maximum atomic E-state index is 11.7. The summed E-state index contributed by atoms with van der Waals surface area (Å²) in [5.41, 5.74) is 5.56. The summed E-state index contributed by atoms with van der Waals surface area (Å²) in [6.45, 7) is 1.84. The molecular weight excluding hydrogens is 264 g/mol. The van der Waals surface area contributed by atoms with Crippen molar-refractivity contribution in [2.75, 3.05) is 5.32 Å². The van der Waals surface area contributed by atoms with Gasteiger partial charge < -0.3 is 15.5 Å². The fourth-order valence-electron chi connectivity index (χ4n) is 1.49. The first-order chi connectivity index (χ1) is 9.06. The minimum Gasteiger partial charge on any atom is -0.465 e. The van der Waals surface area contributed by atoms with E-state index in [0.29, 0.717) is 16.3 Å². The second kappa shape index (κ2) is 5.53. The summed E-state index contributed by atoms with van der Waals surface area (Å²) < 4.78 is 5.06. The predicted octanol–water partition coefficient (Wildman–Crippen LogP) is 2.40. The number of aryl methyl sites for hydroxylation is 1. The highest BCUT2D eigenvalue weighted by atomic mass is 32.1. The Labute approximate surface area is 113 Å². The molecule has 0 unspecified atom stereocenters. The second-order valence-corrected chi connectivity index (χ2v) is 5.06. The number of nitrogens with two attached hydrogens (primary N) is 1. The molecule has 0 aromatic carbocycles. The van der Waals surface area contributed by atoms with Gasteiger partial charge in [-0.05, 0) is 31.2 Å². The van der Waals surface area contributed by atoms with E-state index in [0.717, 1.165) is 4.88 Å². The van der Waals surface area contributed by atoms with E-state index in [1.807, 2.05) is 6.92 Å². The number of thiophene rings is 1. The van der Waals surface area contributed by atoms with Crippen molar-refractivity contribution in [2.24, 2.45) is 5.73 Å². The zero-order chi connectivity index (χ0) is 13.8. The molecule has 2 aromatic rings. The molecular formula is C13H12N2O3S. The molecule has 2 heterocycles. The summed E-state index contributed by atoms with van der Waals surface area (Å²) in [5, 5.41) is 3.08. The topological polar surface area (TPSA) is 85.3 Å². The van der Waals surface area contributed by atoms with Crippen molar-refractivity contribution in [3.8, 4) is 0 Å². The minimum absolute atomic E-state index is 0.322. The Hall–Kier alpha value is -2.34. The van der Waals surface area contributed by atoms with Crippen LogP contribution in [0.3, 0.4) is 0 Å². The van der Waals surface area contributed by atoms with Gasteiger partial charge in [-0.1, -0.05) is 0 Å². The highest BCUT2D eigenvalue weighted by molar-refractivity contribution is 7.16. The number of carbonyl (C=O) groups is 2. The second-order valence-electron chi connectivity index (χ2n) is 3.80. The van der Waals surface area contributed by atoms with Gasteiger partial charge in [0.15, 0.2) is 0 Å². The summed E-state index contributed by atoms with van der Waals surface area (Å²) in [4.78, 5) is 23.8. The lowest BCUT2D eigenvalue weighted by molar-refractivity contribution is -0.111. The molecule has 0 aliphatic rings. The van der Waals surface area contributed by atoms with Crippen molar-refractivity contribution >= 4 is 34.2 Å². The van der Waals surface area contributed by atoms with E-state index in [-0.39, 0.29) is 5.91 Å². The van der Waals surface area contributed by atoms with Crippen LogP contribution >= 0.6 is 11.3 Å². The van der Waals surface area contributed by atoms with Crippen LogP contribution in [0.4, 0.5) is 5.00 Å². The van der Waals surface area contributed by atoms with Crippen LogP contribution < -0.4 is 11.1 Å². The Kier molecular flexibility index (Phi) is 3.82. The molecule has 0 saturated carbocycles. The molecule has 0 fully saturated rings. The van der Waals surface area contributed by atoms with Gasteiger partial charge in [-0.15, -0.1) is 11.3 Å². The Morgan fingerprint density at radius 3 is 2.89 bits per heavy atom. The number of carbonyl (C=O) groups excluding carboxylic acids is 2. The summed E-state index contributed by atoms with van der Waals surface area (Å²) in [6.07, 6.45) is 4.39. The largest absolute Gasteiger partial charge is 0.465 e. The molecule has 2 aromatic heterocycles. The third kappa shape index (κ3) is 3.32. The number of furan rings is 1. The molecule has 0 aliphatic heterocycles. The molecule has 0 saturated heterocycles. The number of hydrogen-bond acceptors (Lipinski definition) is 4. The average molecular weight is 276 g/mol. The highest BCUT2D eigenvalue weighted by Gasteiger charge is 2.13. The van der Waals surface area contributed by atoms with Gasteiger partial charge in [0.1, 0.15) is 10.8 Å². The van der Waals surface area contributed by atoms with Gasteiger partial charge in [-0.25, -0.2) is 0 Å². The van der Waals surface area contributed by atoms with Gasteiger partial charge in [0.05, 0.1) is 11.8 Å². The lowest BCUT2D eigenvalue weighted by atomic mass is 10.3. The van der Waals surface area contributed by atoms with Crippen molar-refractivity contribution in [2.45, 2.75) is 6.92 Å². The van der Waals surface area contributed by atoms with Crippen molar-refractivity contribution in [3.05, 3.63) is 46.7 Å². The van der Waals surface area contributed by atoms with E-state index in [4.69, 9.17) is 10.2 Å². The van der Waals surface area contributed by atoms with Crippen molar-refractivity contribution < 1.29 is 14.0 Å². The van der Waals surface area contributed by atoms with Crippen molar-refractivity contribution in [1.29, 1.82) is 0 Å². The van der Waals surface area contributed by atoms with Crippen LogP contribution in [-0.4, -0.2) is 11.8 Å². The third-order valence-electron chi connectivity index (χ3n) is 2.30. The van der Waals surface area contributed by atoms with Gasteiger partial charge in [-0.2, -0.15) is 0 Å². The van der Waals surface area contributed by atoms with Crippen molar-refractivity contribution in [3.63, 3.8) is 0 Å². The molecule has 19 heavy (non-hydrogen) atoms. The van der Waals surface area contributed by atoms with E-state index in [9.17, 15) is 9.59 Å². The Balaban J connectivity index is 2.09. The lowest BCUT2D eigenvalue weighted by Crippen LogP contribution is -2.14. The van der Waals surface area contributed by atoms with E-state index in [1.165, 1.54) is 23.7 Å². The van der Waals surface area contributed by atoms with Crippen LogP contribution in [0.5, 0.6) is 0 Å².